The Balaban J connectivity index is 1.91. The molecular formula is C17H19N3O3. The second-order valence-corrected chi connectivity index (χ2v) is 5.78. The van der Waals surface area contributed by atoms with Crippen molar-refractivity contribution in [2.24, 2.45) is 0 Å². The van der Waals surface area contributed by atoms with Crippen LogP contribution in [0, 0.1) is 0 Å². The van der Waals surface area contributed by atoms with Gasteiger partial charge in [0.2, 0.25) is 5.78 Å². The van der Waals surface area contributed by atoms with Crippen LogP contribution in [0.15, 0.2) is 36.7 Å². The third-order valence-corrected chi connectivity index (χ3v) is 3.82. The van der Waals surface area contributed by atoms with Crippen molar-refractivity contribution >= 4 is 11.7 Å². The summed E-state index contributed by atoms with van der Waals surface area (Å²) in [6.45, 7) is 4.92. The van der Waals surface area contributed by atoms with Crippen LogP contribution in [0.4, 0.5) is 0 Å². The molecule has 1 aromatic carbocycles. The van der Waals surface area contributed by atoms with Crippen LogP contribution in [0.1, 0.15) is 40.4 Å². The van der Waals surface area contributed by atoms with E-state index in [1.54, 1.807) is 35.4 Å². The first-order valence-corrected chi connectivity index (χ1v) is 7.64. The monoisotopic (exact) mass is 313 g/mol. The summed E-state index contributed by atoms with van der Waals surface area (Å²) in [5, 5.41) is 0. The fraction of sp³-hybridized carbons (Fsp3) is 0.353. The number of imidazole rings is 1. The summed E-state index contributed by atoms with van der Waals surface area (Å²) in [5.74, 6) is -0.204. The summed E-state index contributed by atoms with van der Waals surface area (Å²) in [5.41, 5.74) is 0.759. The quantitative estimate of drug-likeness (QED) is 0.878. The minimum atomic E-state index is -0.284. The molecule has 0 radical (unpaired) electrons. The van der Waals surface area contributed by atoms with Gasteiger partial charge in [-0.25, -0.2) is 4.98 Å². The maximum atomic E-state index is 12.9. The number of H-pyrrole nitrogens is 1. The molecule has 0 aliphatic carbocycles. The van der Waals surface area contributed by atoms with E-state index in [0.29, 0.717) is 24.2 Å². The van der Waals surface area contributed by atoms with E-state index in [-0.39, 0.29) is 29.7 Å². The van der Waals surface area contributed by atoms with Crippen LogP contribution in [0.3, 0.4) is 0 Å². The van der Waals surface area contributed by atoms with E-state index >= 15 is 0 Å². The Morgan fingerprint density at radius 2 is 1.83 bits per heavy atom. The van der Waals surface area contributed by atoms with Crippen LogP contribution in [0.25, 0.3) is 0 Å². The molecule has 0 spiro atoms. The van der Waals surface area contributed by atoms with Gasteiger partial charge in [-0.05, 0) is 19.9 Å². The summed E-state index contributed by atoms with van der Waals surface area (Å²) in [4.78, 5) is 33.9. The lowest BCUT2D eigenvalue weighted by molar-refractivity contribution is -0.0586. The molecule has 23 heavy (non-hydrogen) atoms. The van der Waals surface area contributed by atoms with Gasteiger partial charge in [-0.15, -0.1) is 0 Å². The molecule has 1 N–H and O–H groups in total. The number of carbonyl (C=O) groups excluding carboxylic acids is 2. The average Bonchev–Trinajstić information content (AvgIpc) is 3.07. The molecule has 1 aromatic heterocycles. The topological polar surface area (TPSA) is 75.3 Å². The number of rotatable bonds is 3. The largest absolute Gasteiger partial charge is 0.372 e. The van der Waals surface area contributed by atoms with Crippen molar-refractivity contribution in [1.29, 1.82) is 0 Å². The molecule has 3 rings (SSSR count). The van der Waals surface area contributed by atoms with Crippen LogP contribution in [-0.2, 0) is 4.74 Å². The third-order valence-electron chi connectivity index (χ3n) is 3.82. The minimum Gasteiger partial charge on any atom is -0.372 e. The molecule has 6 heteroatoms. The zero-order valence-electron chi connectivity index (χ0n) is 13.2. The van der Waals surface area contributed by atoms with E-state index in [4.69, 9.17) is 4.74 Å². The predicted molar refractivity (Wildman–Crippen MR) is 84.4 cm³/mol. The highest BCUT2D eigenvalue weighted by Crippen LogP contribution is 2.18. The first kappa shape index (κ1) is 15.4. The molecule has 2 atom stereocenters. The summed E-state index contributed by atoms with van der Waals surface area (Å²) in [6.07, 6.45) is 3.07. The number of amides is 1. The predicted octanol–water partition coefficient (Wildman–Crippen LogP) is 1.89. The van der Waals surface area contributed by atoms with Crippen LogP contribution in [0.5, 0.6) is 0 Å². The van der Waals surface area contributed by atoms with Gasteiger partial charge in [0.25, 0.3) is 5.91 Å². The number of aromatic amines is 1. The fourth-order valence-corrected chi connectivity index (χ4v) is 2.90. The average molecular weight is 313 g/mol. The molecule has 2 heterocycles. The number of carbonyl (C=O) groups is 2. The number of aromatic nitrogens is 2. The highest BCUT2D eigenvalue weighted by Gasteiger charge is 2.29. The molecule has 1 amide bonds. The van der Waals surface area contributed by atoms with E-state index < -0.39 is 0 Å². The lowest BCUT2D eigenvalue weighted by Crippen LogP contribution is -2.48. The Labute approximate surface area is 134 Å². The summed E-state index contributed by atoms with van der Waals surface area (Å²) in [6, 6.07) is 6.85. The second kappa shape index (κ2) is 6.34. The number of hydrogen-bond acceptors (Lipinski definition) is 4. The van der Waals surface area contributed by atoms with Crippen molar-refractivity contribution in [3.8, 4) is 0 Å². The molecule has 1 aliphatic rings. The van der Waals surface area contributed by atoms with Gasteiger partial charge >= 0.3 is 0 Å². The standard InChI is InChI=1S/C17H19N3O3/c1-11-9-20(10-12(2)23-11)17(22)14-6-4-3-5-13(14)15(21)16-18-7-8-19-16/h3-8,11-12H,9-10H2,1-2H3,(H,18,19)/t11-,12-/m0/s1. The smallest absolute Gasteiger partial charge is 0.254 e. The van der Waals surface area contributed by atoms with Crippen LogP contribution in [-0.4, -0.2) is 51.9 Å². The normalized spacial score (nSPS) is 21.2. The first-order chi connectivity index (χ1) is 11.1. The van der Waals surface area contributed by atoms with Gasteiger partial charge in [-0.1, -0.05) is 18.2 Å². The zero-order valence-corrected chi connectivity index (χ0v) is 13.2. The highest BCUT2D eigenvalue weighted by molar-refractivity contribution is 6.13. The van der Waals surface area contributed by atoms with Crippen LogP contribution >= 0.6 is 0 Å². The van der Waals surface area contributed by atoms with E-state index in [9.17, 15) is 9.59 Å². The van der Waals surface area contributed by atoms with E-state index in [2.05, 4.69) is 9.97 Å². The first-order valence-electron chi connectivity index (χ1n) is 7.64. The van der Waals surface area contributed by atoms with Gasteiger partial charge in [0.15, 0.2) is 5.82 Å². The SMILES string of the molecule is C[C@H]1CN(C(=O)c2ccccc2C(=O)c2ncc[nH]2)C[C@H](C)O1. The minimum absolute atomic E-state index is 0.0179. The fourth-order valence-electron chi connectivity index (χ4n) is 2.90. The molecule has 2 aromatic rings. The zero-order chi connectivity index (χ0) is 16.4. The summed E-state index contributed by atoms with van der Waals surface area (Å²) >= 11 is 0. The Morgan fingerprint density at radius 1 is 1.17 bits per heavy atom. The van der Waals surface area contributed by atoms with E-state index in [1.807, 2.05) is 13.8 Å². The second-order valence-electron chi connectivity index (χ2n) is 5.78. The molecule has 6 nitrogen and oxygen atoms in total. The van der Waals surface area contributed by atoms with Gasteiger partial charge in [-0.2, -0.15) is 0 Å². The maximum absolute atomic E-state index is 12.9. The van der Waals surface area contributed by atoms with Crippen LogP contribution in [0.2, 0.25) is 0 Å². The Hall–Kier alpha value is -2.47. The molecule has 1 saturated heterocycles. The Morgan fingerprint density at radius 3 is 2.43 bits per heavy atom. The number of benzene rings is 1. The van der Waals surface area contributed by atoms with Crippen molar-refractivity contribution in [3.05, 3.63) is 53.6 Å². The molecular weight excluding hydrogens is 294 g/mol. The van der Waals surface area contributed by atoms with Crippen molar-refractivity contribution in [2.75, 3.05) is 13.1 Å². The third kappa shape index (κ3) is 3.17. The number of nitrogens with zero attached hydrogens (tertiary/aromatic N) is 2. The lowest BCUT2D eigenvalue weighted by Gasteiger charge is -2.35. The van der Waals surface area contributed by atoms with Crippen molar-refractivity contribution in [1.82, 2.24) is 14.9 Å². The number of ketones is 1. The van der Waals surface area contributed by atoms with Crippen molar-refractivity contribution in [3.63, 3.8) is 0 Å². The van der Waals surface area contributed by atoms with Gasteiger partial charge in [0.1, 0.15) is 0 Å². The van der Waals surface area contributed by atoms with Crippen LogP contribution < -0.4 is 0 Å². The van der Waals surface area contributed by atoms with Gasteiger partial charge in [0, 0.05) is 31.0 Å². The van der Waals surface area contributed by atoms with Crippen molar-refractivity contribution < 1.29 is 14.3 Å². The van der Waals surface area contributed by atoms with E-state index in [1.165, 1.54) is 6.20 Å². The maximum Gasteiger partial charge on any atom is 0.254 e. The Bertz CT molecular complexity index is 702. The Kier molecular flexibility index (Phi) is 4.25. The summed E-state index contributed by atoms with van der Waals surface area (Å²) < 4.78 is 5.66. The summed E-state index contributed by atoms with van der Waals surface area (Å²) in [7, 11) is 0. The van der Waals surface area contributed by atoms with Gasteiger partial charge < -0.3 is 14.6 Å². The molecule has 120 valence electrons. The molecule has 0 unspecified atom stereocenters. The lowest BCUT2D eigenvalue weighted by atomic mass is 10.0. The molecule has 0 saturated carbocycles. The molecule has 0 bridgehead atoms. The van der Waals surface area contributed by atoms with Gasteiger partial charge in [-0.3, -0.25) is 9.59 Å². The molecule has 1 fully saturated rings. The molecule has 1 aliphatic heterocycles. The number of ether oxygens (including phenoxy) is 1. The van der Waals surface area contributed by atoms with E-state index in [0.717, 1.165) is 0 Å². The number of nitrogens with one attached hydrogen (secondary N) is 1. The highest BCUT2D eigenvalue weighted by atomic mass is 16.5. The number of hydrogen-bond donors (Lipinski definition) is 1. The number of morpholine rings is 1. The van der Waals surface area contributed by atoms with Crippen molar-refractivity contribution in [2.45, 2.75) is 26.1 Å². The van der Waals surface area contributed by atoms with Gasteiger partial charge in [0.05, 0.1) is 17.8 Å².